The van der Waals surface area contributed by atoms with Crippen LogP contribution in [0.3, 0.4) is 0 Å². The number of rotatable bonds is 3. The molecule has 0 aromatic heterocycles. The molecular formula is C15H27N3O2. The van der Waals surface area contributed by atoms with Gasteiger partial charge in [0, 0.05) is 38.6 Å². The molecule has 0 radical (unpaired) electrons. The summed E-state index contributed by atoms with van der Waals surface area (Å²) in [4.78, 5) is 28.2. The number of amides is 2. The van der Waals surface area contributed by atoms with E-state index in [2.05, 4.69) is 13.8 Å². The zero-order valence-corrected chi connectivity index (χ0v) is 12.7. The molecule has 2 unspecified atom stereocenters. The van der Waals surface area contributed by atoms with Gasteiger partial charge in [-0.15, -0.1) is 0 Å². The Hall–Kier alpha value is -1.10. The van der Waals surface area contributed by atoms with Crippen LogP contribution in [0.5, 0.6) is 0 Å². The minimum absolute atomic E-state index is 0.00733. The molecule has 5 nitrogen and oxygen atoms in total. The minimum atomic E-state index is 0.00733. The molecular weight excluding hydrogens is 254 g/mol. The number of hydrogen-bond donors (Lipinski definition) is 1. The topological polar surface area (TPSA) is 66.6 Å². The summed E-state index contributed by atoms with van der Waals surface area (Å²) in [5, 5.41) is 0. The van der Waals surface area contributed by atoms with Crippen molar-refractivity contribution in [2.24, 2.45) is 17.6 Å². The normalized spacial score (nSPS) is 27.2. The van der Waals surface area contributed by atoms with Crippen LogP contribution >= 0.6 is 0 Å². The van der Waals surface area contributed by atoms with Crippen LogP contribution in [0, 0.1) is 11.8 Å². The third-order valence-corrected chi connectivity index (χ3v) is 4.41. The van der Waals surface area contributed by atoms with Crippen molar-refractivity contribution >= 4 is 11.8 Å². The van der Waals surface area contributed by atoms with E-state index in [9.17, 15) is 9.59 Å². The van der Waals surface area contributed by atoms with Crippen LogP contribution in [0.2, 0.25) is 0 Å². The van der Waals surface area contributed by atoms with E-state index in [1.807, 2.05) is 9.80 Å². The molecule has 1 heterocycles. The summed E-state index contributed by atoms with van der Waals surface area (Å²) < 4.78 is 0. The highest BCUT2D eigenvalue weighted by Gasteiger charge is 2.34. The molecule has 0 bridgehead atoms. The van der Waals surface area contributed by atoms with Gasteiger partial charge < -0.3 is 15.5 Å². The second-order valence-electron chi connectivity index (χ2n) is 6.51. The molecule has 0 spiro atoms. The second-order valence-corrected chi connectivity index (χ2v) is 6.51. The second kappa shape index (κ2) is 6.57. The highest BCUT2D eigenvalue weighted by atomic mass is 16.2. The fraction of sp³-hybridized carbons (Fsp3) is 0.867. The number of carbonyl (C=O) groups excluding carboxylic acids is 2. The average Bonchev–Trinajstić information content (AvgIpc) is 2.83. The quantitative estimate of drug-likeness (QED) is 0.833. The first-order valence-corrected chi connectivity index (χ1v) is 7.81. The predicted molar refractivity (Wildman–Crippen MR) is 77.9 cm³/mol. The number of hydrogen-bond acceptors (Lipinski definition) is 3. The molecule has 2 atom stereocenters. The van der Waals surface area contributed by atoms with Gasteiger partial charge in [0.2, 0.25) is 11.8 Å². The molecule has 2 aliphatic rings. The predicted octanol–water partition coefficient (Wildman–Crippen LogP) is 0.831. The zero-order valence-electron chi connectivity index (χ0n) is 12.7. The number of nitrogens with zero attached hydrogens (tertiary/aromatic N) is 2. The average molecular weight is 281 g/mol. The van der Waals surface area contributed by atoms with Gasteiger partial charge in [0.25, 0.3) is 0 Å². The van der Waals surface area contributed by atoms with Crippen molar-refractivity contribution < 1.29 is 9.59 Å². The lowest BCUT2D eigenvalue weighted by molar-refractivity contribution is -0.142. The molecule has 2 amide bonds. The molecule has 0 aromatic carbocycles. The maximum atomic E-state index is 12.4. The van der Waals surface area contributed by atoms with Crippen molar-refractivity contribution in [3.05, 3.63) is 0 Å². The maximum absolute atomic E-state index is 12.4. The third-order valence-electron chi connectivity index (χ3n) is 4.41. The lowest BCUT2D eigenvalue weighted by Crippen LogP contribution is -2.53. The van der Waals surface area contributed by atoms with E-state index in [1.165, 1.54) is 0 Å². The van der Waals surface area contributed by atoms with Gasteiger partial charge in [0.1, 0.15) is 0 Å². The highest BCUT2D eigenvalue weighted by Crippen LogP contribution is 2.26. The van der Waals surface area contributed by atoms with Crippen LogP contribution in [-0.4, -0.2) is 53.8 Å². The van der Waals surface area contributed by atoms with Crippen LogP contribution in [0.25, 0.3) is 0 Å². The van der Waals surface area contributed by atoms with Crippen molar-refractivity contribution in [2.45, 2.75) is 45.6 Å². The van der Waals surface area contributed by atoms with E-state index in [1.54, 1.807) is 0 Å². The Kier molecular flexibility index (Phi) is 5.02. The standard InChI is InChI=1S/C15H27N3O2/c1-11(2)10-14(19)17-6-8-18(9-7-17)15(20)12-4-3-5-13(12)16/h11-13H,3-10,16H2,1-2H3. The fourth-order valence-electron chi connectivity index (χ4n) is 3.18. The van der Waals surface area contributed by atoms with Crippen LogP contribution in [0.1, 0.15) is 39.5 Å². The highest BCUT2D eigenvalue weighted by molar-refractivity contribution is 5.81. The summed E-state index contributed by atoms with van der Waals surface area (Å²) in [5.74, 6) is 0.808. The van der Waals surface area contributed by atoms with Crippen LogP contribution in [0.15, 0.2) is 0 Å². The van der Waals surface area contributed by atoms with Gasteiger partial charge in [-0.1, -0.05) is 20.3 Å². The fourth-order valence-corrected chi connectivity index (χ4v) is 3.18. The van der Waals surface area contributed by atoms with E-state index in [0.29, 0.717) is 38.5 Å². The van der Waals surface area contributed by atoms with Gasteiger partial charge in [-0.25, -0.2) is 0 Å². The molecule has 0 aromatic rings. The van der Waals surface area contributed by atoms with Crippen LogP contribution in [-0.2, 0) is 9.59 Å². The molecule has 2 N–H and O–H groups in total. The molecule has 1 saturated carbocycles. The first-order chi connectivity index (χ1) is 9.49. The van der Waals surface area contributed by atoms with Crippen molar-refractivity contribution in [1.29, 1.82) is 0 Å². The molecule has 5 heteroatoms. The molecule has 1 aliphatic carbocycles. The van der Waals surface area contributed by atoms with Gasteiger partial charge >= 0.3 is 0 Å². The van der Waals surface area contributed by atoms with E-state index < -0.39 is 0 Å². The molecule has 2 rings (SSSR count). The summed E-state index contributed by atoms with van der Waals surface area (Å²) >= 11 is 0. The monoisotopic (exact) mass is 281 g/mol. The van der Waals surface area contributed by atoms with Crippen LogP contribution in [0.4, 0.5) is 0 Å². The van der Waals surface area contributed by atoms with Crippen molar-refractivity contribution in [3.8, 4) is 0 Å². The van der Waals surface area contributed by atoms with E-state index in [-0.39, 0.29) is 23.8 Å². The Balaban J connectivity index is 1.82. The summed E-state index contributed by atoms with van der Waals surface area (Å²) in [6.07, 6.45) is 3.54. The van der Waals surface area contributed by atoms with Crippen LogP contribution < -0.4 is 5.73 Å². The molecule has 2 fully saturated rings. The van der Waals surface area contributed by atoms with Crippen molar-refractivity contribution in [3.63, 3.8) is 0 Å². The smallest absolute Gasteiger partial charge is 0.227 e. The summed E-state index contributed by atoms with van der Waals surface area (Å²) in [6, 6.07) is 0.0307. The Morgan fingerprint density at radius 3 is 2.20 bits per heavy atom. The Morgan fingerprint density at radius 1 is 1.10 bits per heavy atom. The lowest BCUT2D eigenvalue weighted by Gasteiger charge is -2.36. The molecule has 1 aliphatic heterocycles. The SMILES string of the molecule is CC(C)CC(=O)N1CCN(C(=O)C2CCCC2N)CC1. The Morgan fingerprint density at radius 2 is 1.70 bits per heavy atom. The number of piperazine rings is 1. The maximum Gasteiger partial charge on any atom is 0.227 e. The Bertz CT molecular complexity index is 362. The van der Waals surface area contributed by atoms with Gasteiger partial charge in [-0.05, 0) is 18.8 Å². The van der Waals surface area contributed by atoms with E-state index in [0.717, 1.165) is 19.3 Å². The minimum Gasteiger partial charge on any atom is -0.339 e. The van der Waals surface area contributed by atoms with Crippen molar-refractivity contribution in [2.75, 3.05) is 26.2 Å². The molecule has 20 heavy (non-hydrogen) atoms. The van der Waals surface area contributed by atoms with Gasteiger partial charge in [-0.2, -0.15) is 0 Å². The van der Waals surface area contributed by atoms with Gasteiger partial charge in [0.05, 0.1) is 5.92 Å². The zero-order chi connectivity index (χ0) is 14.7. The largest absolute Gasteiger partial charge is 0.339 e. The summed E-state index contributed by atoms with van der Waals surface area (Å²) in [5.41, 5.74) is 6.00. The Labute approximate surface area is 121 Å². The summed E-state index contributed by atoms with van der Waals surface area (Å²) in [7, 11) is 0. The first-order valence-electron chi connectivity index (χ1n) is 7.81. The lowest BCUT2D eigenvalue weighted by atomic mass is 10.0. The van der Waals surface area contributed by atoms with Crippen molar-refractivity contribution in [1.82, 2.24) is 9.80 Å². The number of carbonyl (C=O) groups is 2. The number of nitrogens with two attached hydrogens (primary N) is 1. The van der Waals surface area contributed by atoms with Gasteiger partial charge in [-0.3, -0.25) is 9.59 Å². The molecule has 114 valence electrons. The van der Waals surface area contributed by atoms with E-state index in [4.69, 9.17) is 5.73 Å². The third kappa shape index (κ3) is 3.51. The van der Waals surface area contributed by atoms with E-state index >= 15 is 0 Å². The first kappa shape index (κ1) is 15.3. The molecule has 1 saturated heterocycles. The van der Waals surface area contributed by atoms with Gasteiger partial charge in [0.15, 0.2) is 0 Å². The summed E-state index contributed by atoms with van der Waals surface area (Å²) in [6.45, 7) is 6.76.